The van der Waals surface area contributed by atoms with Gasteiger partial charge in [-0.05, 0) is 36.4 Å². The summed E-state index contributed by atoms with van der Waals surface area (Å²) < 4.78 is 0. The number of thiazole rings is 1. The van der Waals surface area contributed by atoms with Crippen LogP contribution in [0.15, 0.2) is 35.7 Å². The van der Waals surface area contributed by atoms with Crippen LogP contribution in [0.3, 0.4) is 0 Å². The Kier molecular flexibility index (Phi) is 2.47. The van der Waals surface area contributed by atoms with Gasteiger partial charge in [-0.3, -0.25) is 0 Å². The van der Waals surface area contributed by atoms with Gasteiger partial charge in [0.15, 0.2) is 0 Å². The molecule has 1 aliphatic carbocycles. The number of anilines is 1. The van der Waals surface area contributed by atoms with Crippen molar-refractivity contribution in [3.05, 3.63) is 45.5 Å². The molecule has 0 spiro atoms. The van der Waals surface area contributed by atoms with Gasteiger partial charge in [0.05, 0.1) is 5.69 Å². The van der Waals surface area contributed by atoms with Crippen molar-refractivity contribution in [2.45, 2.75) is 12.8 Å². The minimum Gasteiger partial charge on any atom is -0.398 e. The highest BCUT2D eigenvalue weighted by Crippen LogP contribution is 2.42. The van der Waals surface area contributed by atoms with Crippen molar-refractivity contribution in [2.75, 3.05) is 5.73 Å². The summed E-state index contributed by atoms with van der Waals surface area (Å²) in [7, 11) is 0. The third-order valence-corrected chi connectivity index (χ3v) is 5.60. The van der Waals surface area contributed by atoms with Crippen LogP contribution < -0.4 is 5.73 Å². The Morgan fingerprint density at radius 3 is 2.74 bits per heavy atom. The molecule has 0 amide bonds. The summed E-state index contributed by atoms with van der Waals surface area (Å²) in [5.41, 5.74) is 10.4. The topological polar surface area (TPSA) is 38.9 Å². The lowest BCUT2D eigenvalue weighted by atomic mass is 10.0. The summed E-state index contributed by atoms with van der Waals surface area (Å²) in [6, 6.07) is 10.2. The molecule has 19 heavy (non-hydrogen) atoms. The van der Waals surface area contributed by atoms with Crippen molar-refractivity contribution in [2.24, 2.45) is 0 Å². The zero-order valence-corrected chi connectivity index (χ0v) is 11.9. The Hall–Kier alpha value is -1.65. The summed E-state index contributed by atoms with van der Waals surface area (Å²) in [4.78, 5) is 7.70. The van der Waals surface area contributed by atoms with E-state index < -0.39 is 0 Å². The molecule has 0 fully saturated rings. The van der Waals surface area contributed by atoms with Crippen molar-refractivity contribution in [1.29, 1.82) is 0 Å². The molecule has 4 rings (SSSR count). The van der Waals surface area contributed by atoms with Crippen molar-refractivity contribution < 1.29 is 0 Å². The highest BCUT2D eigenvalue weighted by molar-refractivity contribution is 7.15. The number of para-hydroxylation sites is 1. The van der Waals surface area contributed by atoms with E-state index >= 15 is 0 Å². The number of fused-ring (bicyclic) bond motifs is 3. The molecule has 1 aliphatic rings. The molecule has 3 aromatic rings. The molecule has 94 valence electrons. The second kappa shape index (κ2) is 4.18. The fourth-order valence-corrected chi connectivity index (χ4v) is 4.51. The monoisotopic (exact) mass is 284 g/mol. The predicted molar refractivity (Wildman–Crippen MR) is 82.7 cm³/mol. The zero-order chi connectivity index (χ0) is 12.8. The fourth-order valence-electron chi connectivity index (χ4n) is 2.51. The van der Waals surface area contributed by atoms with Gasteiger partial charge in [0.2, 0.25) is 0 Å². The molecule has 0 aliphatic heterocycles. The maximum Gasteiger partial charge on any atom is 0.126 e. The number of hydrogen-bond donors (Lipinski definition) is 1. The fraction of sp³-hybridized carbons (Fsp3) is 0.133. The van der Waals surface area contributed by atoms with E-state index in [2.05, 4.69) is 11.4 Å². The normalized spacial score (nSPS) is 13.1. The molecule has 0 atom stereocenters. The first kappa shape index (κ1) is 11.2. The number of benzene rings is 1. The van der Waals surface area contributed by atoms with Crippen molar-refractivity contribution in [1.82, 2.24) is 4.98 Å². The second-order valence-electron chi connectivity index (χ2n) is 4.64. The highest BCUT2D eigenvalue weighted by atomic mass is 32.1. The van der Waals surface area contributed by atoms with Crippen LogP contribution in [0.2, 0.25) is 0 Å². The first-order valence-corrected chi connectivity index (χ1v) is 7.94. The third-order valence-electron chi connectivity index (χ3n) is 3.47. The molecular formula is C15H12N2S2. The lowest BCUT2D eigenvalue weighted by Gasteiger charge is -2.09. The maximum atomic E-state index is 6.05. The van der Waals surface area contributed by atoms with Crippen molar-refractivity contribution in [3.63, 3.8) is 0 Å². The lowest BCUT2D eigenvalue weighted by Crippen LogP contribution is -1.97. The second-order valence-corrected chi connectivity index (χ2v) is 6.72. The smallest absolute Gasteiger partial charge is 0.126 e. The molecule has 2 nitrogen and oxygen atoms in total. The number of aromatic nitrogens is 1. The van der Waals surface area contributed by atoms with Gasteiger partial charge in [-0.15, -0.1) is 22.7 Å². The molecule has 2 N–H and O–H groups in total. The van der Waals surface area contributed by atoms with E-state index in [0.717, 1.165) is 29.1 Å². The lowest BCUT2D eigenvalue weighted by molar-refractivity contribution is 0.979. The third kappa shape index (κ3) is 1.71. The van der Waals surface area contributed by atoms with Crippen LogP contribution >= 0.6 is 22.7 Å². The standard InChI is InChI=1S/C15H12N2S2/c16-11-4-2-1-3-9(11)15-17-14-10-7-8-18-12(10)5-6-13(14)19-15/h1-4,7-8H,5-6,16H2. The van der Waals surface area contributed by atoms with E-state index in [1.807, 2.05) is 35.6 Å². The number of rotatable bonds is 1. The van der Waals surface area contributed by atoms with E-state index in [-0.39, 0.29) is 0 Å². The molecule has 0 saturated heterocycles. The molecular weight excluding hydrogens is 272 g/mol. The molecule has 4 heteroatoms. The molecule has 0 bridgehead atoms. The average Bonchev–Trinajstić information content (AvgIpc) is 3.04. The van der Waals surface area contributed by atoms with Crippen molar-refractivity contribution >= 4 is 28.4 Å². The minimum atomic E-state index is 0.805. The van der Waals surface area contributed by atoms with Crippen LogP contribution in [-0.4, -0.2) is 4.98 Å². The Labute approximate surface area is 119 Å². The summed E-state index contributed by atoms with van der Waals surface area (Å²) in [6.07, 6.45) is 2.25. The Bertz CT molecular complexity index is 755. The number of nitrogens with zero attached hydrogens (tertiary/aromatic N) is 1. The van der Waals surface area contributed by atoms with E-state index in [9.17, 15) is 0 Å². The molecule has 2 aromatic heterocycles. The number of hydrogen-bond acceptors (Lipinski definition) is 4. The summed E-state index contributed by atoms with van der Waals surface area (Å²) in [6.45, 7) is 0. The van der Waals surface area contributed by atoms with Gasteiger partial charge in [0, 0.05) is 26.6 Å². The van der Waals surface area contributed by atoms with Gasteiger partial charge in [-0.25, -0.2) is 4.98 Å². The molecule has 0 unspecified atom stereocenters. The Morgan fingerprint density at radius 1 is 1.00 bits per heavy atom. The van der Waals surface area contributed by atoms with Gasteiger partial charge in [0.1, 0.15) is 5.01 Å². The molecule has 2 heterocycles. The Balaban J connectivity index is 1.89. The van der Waals surface area contributed by atoms with Crippen LogP contribution in [0.4, 0.5) is 5.69 Å². The van der Waals surface area contributed by atoms with Crippen LogP contribution in [0.25, 0.3) is 21.8 Å². The van der Waals surface area contributed by atoms with Crippen molar-refractivity contribution in [3.8, 4) is 21.8 Å². The minimum absolute atomic E-state index is 0.805. The highest BCUT2D eigenvalue weighted by Gasteiger charge is 2.22. The van der Waals surface area contributed by atoms with E-state index in [1.165, 1.54) is 21.0 Å². The van der Waals surface area contributed by atoms with E-state index in [1.54, 1.807) is 11.3 Å². The quantitative estimate of drug-likeness (QED) is 0.679. The van der Waals surface area contributed by atoms with Crippen LogP contribution in [0, 0.1) is 0 Å². The molecule has 0 saturated carbocycles. The molecule has 1 aromatic carbocycles. The van der Waals surface area contributed by atoms with Crippen LogP contribution in [0.5, 0.6) is 0 Å². The first-order chi connectivity index (χ1) is 9.33. The maximum absolute atomic E-state index is 6.05. The van der Waals surface area contributed by atoms with Gasteiger partial charge in [-0.2, -0.15) is 0 Å². The zero-order valence-electron chi connectivity index (χ0n) is 10.2. The predicted octanol–water partition coefficient (Wildman–Crippen LogP) is 4.22. The number of nitrogen functional groups attached to an aromatic ring is 1. The largest absolute Gasteiger partial charge is 0.398 e. The Morgan fingerprint density at radius 2 is 1.84 bits per heavy atom. The van der Waals surface area contributed by atoms with E-state index in [0.29, 0.717) is 0 Å². The van der Waals surface area contributed by atoms with Crippen LogP contribution in [-0.2, 0) is 12.8 Å². The number of aryl methyl sites for hydroxylation is 2. The first-order valence-electron chi connectivity index (χ1n) is 6.24. The number of nitrogens with two attached hydrogens (primary N) is 1. The number of thiophene rings is 1. The average molecular weight is 284 g/mol. The van der Waals surface area contributed by atoms with Gasteiger partial charge < -0.3 is 5.73 Å². The molecule has 0 radical (unpaired) electrons. The summed E-state index contributed by atoms with van der Waals surface area (Å²) >= 11 is 3.62. The van der Waals surface area contributed by atoms with Gasteiger partial charge in [-0.1, -0.05) is 12.1 Å². The van der Waals surface area contributed by atoms with Gasteiger partial charge >= 0.3 is 0 Å². The SMILES string of the molecule is Nc1ccccc1-c1nc2c(s1)CCc1sccc1-2. The van der Waals surface area contributed by atoms with E-state index in [4.69, 9.17) is 10.7 Å². The van der Waals surface area contributed by atoms with Crippen LogP contribution in [0.1, 0.15) is 9.75 Å². The summed E-state index contributed by atoms with van der Waals surface area (Å²) in [5.74, 6) is 0. The summed E-state index contributed by atoms with van der Waals surface area (Å²) in [5, 5.41) is 3.21. The van der Waals surface area contributed by atoms with Gasteiger partial charge in [0.25, 0.3) is 0 Å².